The van der Waals surface area contributed by atoms with Crippen LogP contribution in [0.3, 0.4) is 0 Å². The van der Waals surface area contributed by atoms with Crippen LogP contribution in [-0.4, -0.2) is 24.4 Å². The zero-order valence-corrected chi connectivity index (χ0v) is 10.5. The van der Waals surface area contributed by atoms with E-state index in [2.05, 4.69) is 6.92 Å². The third kappa shape index (κ3) is 2.65. The zero-order chi connectivity index (χ0) is 12.6. The highest BCUT2D eigenvalue weighted by Gasteiger charge is 2.34. The SMILES string of the molecule is Cc1ccc(C(=O)N(C)CC2CC2C)c(F)c1. The van der Waals surface area contributed by atoms with E-state index in [1.165, 1.54) is 12.5 Å². The van der Waals surface area contributed by atoms with E-state index in [0.29, 0.717) is 11.8 Å². The fraction of sp³-hybridized carbons (Fsp3) is 0.500. The second kappa shape index (κ2) is 4.47. The lowest BCUT2D eigenvalue weighted by Gasteiger charge is -2.17. The Morgan fingerprint density at radius 1 is 1.53 bits per heavy atom. The van der Waals surface area contributed by atoms with E-state index in [4.69, 9.17) is 0 Å². The summed E-state index contributed by atoms with van der Waals surface area (Å²) in [6.45, 7) is 4.72. The molecule has 0 spiro atoms. The fourth-order valence-electron chi connectivity index (χ4n) is 2.09. The molecule has 2 rings (SSSR count). The van der Waals surface area contributed by atoms with Crippen LogP contribution in [0.25, 0.3) is 0 Å². The van der Waals surface area contributed by atoms with Crippen LogP contribution >= 0.6 is 0 Å². The second-order valence-corrected chi connectivity index (χ2v) is 5.14. The van der Waals surface area contributed by atoms with E-state index in [1.807, 2.05) is 6.92 Å². The van der Waals surface area contributed by atoms with Crippen LogP contribution in [0.5, 0.6) is 0 Å². The Morgan fingerprint density at radius 2 is 2.18 bits per heavy atom. The molecule has 1 aromatic carbocycles. The number of hydrogen-bond acceptors (Lipinski definition) is 1. The van der Waals surface area contributed by atoms with Gasteiger partial charge in [-0.25, -0.2) is 4.39 Å². The lowest BCUT2D eigenvalue weighted by Crippen LogP contribution is -2.29. The maximum Gasteiger partial charge on any atom is 0.256 e. The molecule has 0 bridgehead atoms. The molecule has 1 fully saturated rings. The predicted octanol–water partition coefficient (Wildman–Crippen LogP) is 2.86. The summed E-state index contributed by atoms with van der Waals surface area (Å²) in [4.78, 5) is 13.7. The van der Waals surface area contributed by atoms with Crippen LogP contribution in [0.2, 0.25) is 0 Å². The Hall–Kier alpha value is -1.38. The lowest BCUT2D eigenvalue weighted by atomic mass is 10.1. The van der Waals surface area contributed by atoms with Crippen molar-refractivity contribution in [3.63, 3.8) is 0 Å². The summed E-state index contributed by atoms with van der Waals surface area (Å²) in [5.41, 5.74) is 1.00. The third-order valence-corrected chi connectivity index (χ3v) is 3.49. The number of amides is 1. The van der Waals surface area contributed by atoms with Gasteiger partial charge in [-0.2, -0.15) is 0 Å². The molecule has 0 aromatic heterocycles. The van der Waals surface area contributed by atoms with Gasteiger partial charge in [-0.1, -0.05) is 13.0 Å². The molecule has 0 aliphatic heterocycles. The molecule has 2 nitrogen and oxygen atoms in total. The van der Waals surface area contributed by atoms with Crippen molar-refractivity contribution in [2.24, 2.45) is 11.8 Å². The minimum absolute atomic E-state index is 0.173. The first-order valence-corrected chi connectivity index (χ1v) is 6.00. The van der Waals surface area contributed by atoms with Crippen molar-refractivity contribution in [3.8, 4) is 0 Å². The van der Waals surface area contributed by atoms with Gasteiger partial charge >= 0.3 is 0 Å². The van der Waals surface area contributed by atoms with Crippen molar-refractivity contribution >= 4 is 5.91 Å². The molecule has 1 aromatic rings. The van der Waals surface area contributed by atoms with Crippen LogP contribution in [0.15, 0.2) is 18.2 Å². The van der Waals surface area contributed by atoms with Crippen molar-refractivity contribution in [2.45, 2.75) is 20.3 Å². The molecule has 2 unspecified atom stereocenters. The molecule has 1 saturated carbocycles. The molecule has 0 heterocycles. The molecular weight excluding hydrogens is 217 g/mol. The highest BCUT2D eigenvalue weighted by atomic mass is 19.1. The van der Waals surface area contributed by atoms with Gasteiger partial charge in [0.1, 0.15) is 5.82 Å². The summed E-state index contributed by atoms with van der Waals surface area (Å²) >= 11 is 0. The Balaban J connectivity index is 2.07. The van der Waals surface area contributed by atoms with E-state index in [9.17, 15) is 9.18 Å². The number of hydrogen-bond donors (Lipinski definition) is 0. The molecule has 0 saturated heterocycles. The number of nitrogens with zero attached hydrogens (tertiary/aromatic N) is 1. The Labute approximate surface area is 101 Å². The smallest absolute Gasteiger partial charge is 0.256 e. The molecule has 2 atom stereocenters. The first-order valence-electron chi connectivity index (χ1n) is 6.00. The average molecular weight is 235 g/mol. The van der Waals surface area contributed by atoms with Crippen molar-refractivity contribution < 1.29 is 9.18 Å². The maximum absolute atomic E-state index is 13.6. The molecule has 3 heteroatoms. The van der Waals surface area contributed by atoms with E-state index >= 15 is 0 Å². The molecule has 1 aliphatic carbocycles. The highest BCUT2D eigenvalue weighted by Crippen LogP contribution is 2.38. The summed E-state index contributed by atoms with van der Waals surface area (Å²) < 4.78 is 13.6. The summed E-state index contributed by atoms with van der Waals surface area (Å²) in [6.07, 6.45) is 1.17. The summed E-state index contributed by atoms with van der Waals surface area (Å²) in [7, 11) is 1.74. The van der Waals surface area contributed by atoms with Crippen molar-refractivity contribution in [3.05, 3.63) is 35.1 Å². The van der Waals surface area contributed by atoms with Gasteiger partial charge in [0.05, 0.1) is 5.56 Å². The number of carbonyl (C=O) groups excluding carboxylic acids is 1. The van der Waals surface area contributed by atoms with Gasteiger partial charge < -0.3 is 4.90 Å². The van der Waals surface area contributed by atoms with E-state index in [1.54, 1.807) is 24.1 Å². The second-order valence-electron chi connectivity index (χ2n) is 5.14. The number of rotatable bonds is 3. The Kier molecular flexibility index (Phi) is 3.18. The van der Waals surface area contributed by atoms with E-state index in [-0.39, 0.29) is 11.5 Å². The van der Waals surface area contributed by atoms with Gasteiger partial charge in [-0.3, -0.25) is 4.79 Å². The number of benzene rings is 1. The largest absolute Gasteiger partial charge is 0.341 e. The Bertz CT molecular complexity index is 444. The van der Waals surface area contributed by atoms with Gasteiger partial charge in [0.15, 0.2) is 0 Å². The fourth-order valence-corrected chi connectivity index (χ4v) is 2.09. The molecular formula is C14H18FNO. The minimum Gasteiger partial charge on any atom is -0.341 e. The minimum atomic E-state index is -0.425. The predicted molar refractivity (Wildman–Crippen MR) is 65.4 cm³/mol. The molecule has 0 N–H and O–H groups in total. The highest BCUT2D eigenvalue weighted by molar-refractivity contribution is 5.94. The number of carbonyl (C=O) groups is 1. The Morgan fingerprint density at radius 3 is 2.71 bits per heavy atom. The van der Waals surface area contributed by atoms with Crippen molar-refractivity contribution in [1.82, 2.24) is 4.90 Å². The normalized spacial score (nSPS) is 22.4. The van der Waals surface area contributed by atoms with Gasteiger partial charge in [0.2, 0.25) is 0 Å². The average Bonchev–Trinajstić information content (AvgIpc) is 2.93. The van der Waals surface area contributed by atoms with E-state index in [0.717, 1.165) is 12.1 Å². The summed E-state index contributed by atoms with van der Waals surface area (Å²) in [5, 5.41) is 0. The molecule has 0 radical (unpaired) electrons. The number of halogens is 1. The van der Waals surface area contributed by atoms with Crippen LogP contribution in [0.4, 0.5) is 4.39 Å². The standard InChI is InChI=1S/C14H18FNO/c1-9-4-5-12(13(15)6-9)14(17)16(3)8-11-7-10(11)2/h4-6,10-11H,7-8H2,1-3H3. The van der Waals surface area contributed by atoms with Crippen LogP contribution in [-0.2, 0) is 0 Å². The van der Waals surface area contributed by atoms with Gasteiger partial charge in [0.25, 0.3) is 5.91 Å². The van der Waals surface area contributed by atoms with E-state index < -0.39 is 5.82 Å². The van der Waals surface area contributed by atoms with Crippen LogP contribution in [0, 0.1) is 24.6 Å². The topological polar surface area (TPSA) is 20.3 Å². The molecule has 1 aliphatic rings. The first-order chi connectivity index (χ1) is 7.99. The molecule has 17 heavy (non-hydrogen) atoms. The van der Waals surface area contributed by atoms with Gasteiger partial charge in [-0.05, 0) is 42.9 Å². The maximum atomic E-state index is 13.6. The quantitative estimate of drug-likeness (QED) is 0.789. The van der Waals surface area contributed by atoms with Crippen LogP contribution < -0.4 is 0 Å². The number of aryl methyl sites for hydroxylation is 1. The van der Waals surface area contributed by atoms with Gasteiger partial charge in [-0.15, -0.1) is 0 Å². The lowest BCUT2D eigenvalue weighted by molar-refractivity contribution is 0.0782. The van der Waals surface area contributed by atoms with Crippen molar-refractivity contribution in [2.75, 3.05) is 13.6 Å². The van der Waals surface area contributed by atoms with Gasteiger partial charge in [0, 0.05) is 13.6 Å². The van der Waals surface area contributed by atoms with Crippen LogP contribution in [0.1, 0.15) is 29.3 Å². The summed E-state index contributed by atoms with van der Waals surface area (Å²) in [6, 6.07) is 4.74. The van der Waals surface area contributed by atoms with Crippen molar-refractivity contribution in [1.29, 1.82) is 0 Å². The molecule has 92 valence electrons. The first kappa shape index (κ1) is 12.1. The zero-order valence-electron chi connectivity index (χ0n) is 10.5. The summed E-state index contributed by atoms with van der Waals surface area (Å²) in [5.74, 6) is 0.651. The molecule has 1 amide bonds. The third-order valence-electron chi connectivity index (χ3n) is 3.49. The monoisotopic (exact) mass is 235 g/mol.